The van der Waals surface area contributed by atoms with Gasteiger partial charge in [0.25, 0.3) is 5.91 Å². The molecule has 1 aromatic carbocycles. The zero-order valence-corrected chi connectivity index (χ0v) is 19.0. The van der Waals surface area contributed by atoms with Crippen molar-refractivity contribution < 1.29 is 14.0 Å². The molecule has 3 rings (SSSR count). The molecule has 2 heterocycles. The maximum absolute atomic E-state index is 12.7. The molecule has 0 saturated carbocycles. The number of anilines is 1. The minimum absolute atomic E-state index is 0.0653. The van der Waals surface area contributed by atoms with Crippen LogP contribution in [0.2, 0.25) is 0 Å². The Morgan fingerprint density at radius 2 is 1.94 bits per heavy atom. The third kappa shape index (κ3) is 6.52. The van der Waals surface area contributed by atoms with Crippen LogP contribution in [0.5, 0.6) is 0 Å². The van der Waals surface area contributed by atoms with Crippen LogP contribution in [0, 0.1) is 5.92 Å². The summed E-state index contributed by atoms with van der Waals surface area (Å²) in [5.74, 6) is 0.0135. The maximum atomic E-state index is 12.7. The smallest absolute Gasteiger partial charge is 0.293 e. The molecule has 1 atom stereocenters. The second-order valence-corrected chi connectivity index (χ2v) is 8.74. The van der Waals surface area contributed by atoms with Crippen LogP contribution in [0.3, 0.4) is 0 Å². The molecule has 31 heavy (non-hydrogen) atoms. The lowest BCUT2D eigenvalue weighted by Crippen LogP contribution is -2.33. The SMILES string of the molecule is CCCCc1ccc(C(NC(=O)Cc2csc(NC(=O)c3ccco3)n2)C(C)C)cc1. The van der Waals surface area contributed by atoms with Crippen LogP contribution in [0.25, 0.3) is 0 Å². The normalized spacial score (nSPS) is 12.0. The molecule has 6 nitrogen and oxygen atoms in total. The number of nitrogens with one attached hydrogen (secondary N) is 2. The number of hydrogen-bond donors (Lipinski definition) is 2. The summed E-state index contributed by atoms with van der Waals surface area (Å²) < 4.78 is 5.07. The van der Waals surface area contributed by atoms with E-state index in [1.807, 2.05) is 0 Å². The first-order valence-electron chi connectivity index (χ1n) is 10.6. The summed E-state index contributed by atoms with van der Waals surface area (Å²) in [5, 5.41) is 8.04. The van der Waals surface area contributed by atoms with Gasteiger partial charge in [0.2, 0.25) is 5.91 Å². The monoisotopic (exact) mass is 439 g/mol. The van der Waals surface area contributed by atoms with Gasteiger partial charge in [-0.2, -0.15) is 0 Å². The summed E-state index contributed by atoms with van der Waals surface area (Å²) >= 11 is 1.28. The number of rotatable bonds is 10. The van der Waals surface area contributed by atoms with Crippen LogP contribution in [-0.4, -0.2) is 16.8 Å². The number of carbonyl (C=O) groups is 2. The predicted octanol–water partition coefficient (Wildman–Crippen LogP) is 5.39. The molecule has 0 radical (unpaired) electrons. The van der Waals surface area contributed by atoms with Crippen molar-refractivity contribution in [2.24, 2.45) is 5.92 Å². The van der Waals surface area contributed by atoms with Gasteiger partial charge in [0.15, 0.2) is 10.9 Å². The fourth-order valence-corrected chi connectivity index (χ4v) is 4.01. The lowest BCUT2D eigenvalue weighted by atomic mass is 9.94. The molecule has 0 aliphatic carbocycles. The molecule has 7 heteroatoms. The molecule has 2 amide bonds. The largest absolute Gasteiger partial charge is 0.459 e. The summed E-state index contributed by atoms with van der Waals surface area (Å²) in [6, 6.07) is 11.7. The fourth-order valence-electron chi connectivity index (χ4n) is 3.31. The summed E-state index contributed by atoms with van der Waals surface area (Å²) in [4.78, 5) is 29.1. The van der Waals surface area contributed by atoms with Gasteiger partial charge < -0.3 is 9.73 Å². The number of amides is 2. The van der Waals surface area contributed by atoms with Crippen molar-refractivity contribution in [2.45, 2.75) is 52.5 Å². The highest BCUT2D eigenvalue weighted by Gasteiger charge is 2.19. The Morgan fingerprint density at radius 3 is 2.58 bits per heavy atom. The van der Waals surface area contributed by atoms with Crippen molar-refractivity contribution in [1.29, 1.82) is 0 Å². The molecular weight excluding hydrogens is 410 g/mol. The van der Waals surface area contributed by atoms with E-state index in [0.29, 0.717) is 10.8 Å². The Hall–Kier alpha value is -2.93. The molecule has 2 aromatic heterocycles. The standard InChI is InChI=1S/C24H29N3O3S/c1-4-5-7-17-9-11-18(12-10-17)22(16(2)3)26-21(28)14-19-15-31-24(25-19)27-23(29)20-8-6-13-30-20/h6,8-13,15-16,22H,4-5,7,14H2,1-3H3,(H,26,28)(H,25,27,29). The number of thiazole rings is 1. The molecule has 2 N–H and O–H groups in total. The number of benzene rings is 1. The highest BCUT2D eigenvalue weighted by atomic mass is 32.1. The minimum atomic E-state index is -0.363. The minimum Gasteiger partial charge on any atom is -0.459 e. The van der Waals surface area contributed by atoms with Crippen LogP contribution in [0.4, 0.5) is 5.13 Å². The fraction of sp³-hybridized carbons (Fsp3) is 0.375. The second-order valence-electron chi connectivity index (χ2n) is 7.89. The topological polar surface area (TPSA) is 84.2 Å². The van der Waals surface area contributed by atoms with Gasteiger partial charge in [-0.15, -0.1) is 11.3 Å². The molecule has 0 bridgehead atoms. The molecule has 164 valence electrons. The lowest BCUT2D eigenvalue weighted by Gasteiger charge is -2.23. The van der Waals surface area contributed by atoms with E-state index in [4.69, 9.17) is 4.42 Å². The van der Waals surface area contributed by atoms with Crippen LogP contribution >= 0.6 is 11.3 Å². The van der Waals surface area contributed by atoms with Gasteiger partial charge in [0.05, 0.1) is 24.4 Å². The zero-order valence-electron chi connectivity index (χ0n) is 18.2. The average molecular weight is 440 g/mol. The Bertz CT molecular complexity index is 978. The molecule has 0 aliphatic rings. The van der Waals surface area contributed by atoms with Crippen molar-refractivity contribution in [2.75, 3.05) is 5.32 Å². The highest BCUT2D eigenvalue weighted by molar-refractivity contribution is 7.14. The summed E-state index contributed by atoms with van der Waals surface area (Å²) in [6.07, 6.45) is 5.04. The number of carbonyl (C=O) groups excluding carboxylic acids is 2. The number of aromatic nitrogens is 1. The van der Waals surface area contributed by atoms with Gasteiger partial charge in [-0.05, 0) is 42.0 Å². The molecule has 0 spiro atoms. The zero-order chi connectivity index (χ0) is 22.2. The Labute approximate surface area is 187 Å². The van der Waals surface area contributed by atoms with Crippen LogP contribution in [0.1, 0.15) is 67.0 Å². The Kier molecular flexibility index (Phi) is 8.00. The number of hydrogen-bond acceptors (Lipinski definition) is 5. The van der Waals surface area contributed by atoms with Gasteiger partial charge in [0, 0.05) is 5.38 Å². The van der Waals surface area contributed by atoms with Crippen molar-refractivity contribution in [1.82, 2.24) is 10.3 Å². The van der Waals surface area contributed by atoms with Gasteiger partial charge in [-0.1, -0.05) is 51.5 Å². The molecular formula is C24H29N3O3S. The molecule has 0 aliphatic heterocycles. The first-order valence-corrected chi connectivity index (χ1v) is 11.5. The van der Waals surface area contributed by atoms with E-state index in [1.54, 1.807) is 17.5 Å². The van der Waals surface area contributed by atoms with E-state index in [0.717, 1.165) is 12.0 Å². The average Bonchev–Trinajstić information content (AvgIpc) is 3.43. The number of nitrogens with zero attached hydrogens (tertiary/aromatic N) is 1. The third-order valence-corrected chi connectivity index (χ3v) is 5.81. The van der Waals surface area contributed by atoms with E-state index >= 15 is 0 Å². The number of unbranched alkanes of at least 4 members (excludes halogenated alkanes) is 1. The van der Waals surface area contributed by atoms with Crippen LogP contribution < -0.4 is 10.6 Å². The summed E-state index contributed by atoms with van der Waals surface area (Å²) in [5.41, 5.74) is 3.05. The van der Waals surface area contributed by atoms with E-state index < -0.39 is 0 Å². The molecule has 0 fully saturated rings. The van der Waals surface area contributed by atoms with Gasteiger partial charge in [-0.25, -0.2) is 4.98 Å². The lowest BCUT2D eigenvalue weighted by molar-refractivity contribution is -0.121. The number of furan rings is 1. The van der Waals surface area contributed by atoms with E-state index in [1.165, 1.54) is 36.0 Å². The quantitative estimate of drug-likeness (QED) is 0.444. The van der Waals surface area contributed by atoms with Crippen LogP contribution in [-0.2, 0) is 17.6 Å². The molecule has 0 saturated heterocycles. The molecule has 3 aromatic rings. The van der Waals surface area contributed by atoms with Gasteiger partial charge >= 0.3 is 0 Å². The van der Waals surface area contributed by atoms with E-state index in [9.17, 15) is 9.59 Å². The number of aryl methyl sites for hydroxylation is 1. The van der Waals surface area contributed by atoms with Crippen molar-refractivity contribution >= 4 is 28.3 Å². The summed E-state index contributed by atoms with van der Waals surface area (Å²) in [6.45, 7) is 6.39. The van der Waals surface area contributed by atoms with Gasteiger partial charge in [-0.3, -0.25) is 14.9 Å². The van der Waals surface area contributed by atoms with E-state index in [-0.39, 0.29) is 36.0 Å². The second kappa shape index (κ2) is 10.9. The van der Waals surface area contributed by atoms with Crippen LogP contribution in [0.15, 0.2) is 52.5 Å². The van der Waals surface area contributed by atoms with Crippen molar-refractivity contribution in [3.05, 3.63) is 70.6 Å². The first-order chi connectivity index (χ1) is 15.0. The highest BCUT2D eigenvalue weighted by Crippen LogP contribution is 2.23. The third-order valence-electron chi connectivity index (χ3n) is 5.00. The Morgan fingerprint density at radius 1 is 1.16 bits per heavy atom. The first kappa shape index (κ1) is 22.7. The van der Waals surface area contributed by atoms with Crippen molar-refractivity contribution in [3.8, 4) is 0 Å². The maximum Gasteiger partial charge on any atom is 0.293 e. The van der Waals surface area contributed by atoms with Crippen molar-refractivity contribution in [3.63, 3.8) is 0 Å². The van der Waals surface area contributed by atoms with Gasteiger partial charge in [0.1, 0.15) is 0 Å². The summed E-state index contributed by atoms with van der Waals surface area (Å²) in [7, 11) is 0. The molecule has 1 unspecified atom stereocenters. The Balaban J connectivity index is 1.58. The van der Waals surface area contributed by atoms with E-state index in [2.05, 4.69) is 60.7 Å². The predicted molar refractivity (Wildman–Crippen MR) is 123 cm³/mol.